The summed E-state index contributed by atoms with van der Waals surface area (Å²) in [5.41, 5.74) is 0.845. The Labute approximate surface area is 150 Å². The van der Waals surface area contributed by atoms with Crippen LogP contribution < -0.4 is 15.7 Å². The molecule has 0 bridgehead atoms. The molecule has 26 heavy (non-hydrogen) atoms. The Bertz CT molecular complexity index is 1030. The summed E-state index contributed by atoms with van der Waals surface area (Å²) in [6.45, 7) is 0.457. The highest BCUT2D eigenvalue weighted by molar-refractivity contribution is 5.96. The van der Waals surface area contributed by atoms with E-state index in [1.165, 1.54) is 0 Å². The Hall–Kier alpha value is -3.08. The van der Waals surface area contributed by atoms with Crippen molar-refractivity contribution in [1.82, 2.24) is 5.32 Å². The number of para-hydroxylation sites is 2. The quantitative estimate of drug-likeness (QED) is 0.718. The smallest absolute Gasteiger partial charge is 0.349 e. The molecule has 0 unspecified atom stereocenters. The van der Waals surface area contributed by atoms with Crippen LogP contribution in [0.3, 0.4) is 0 Å². The second-order valence-electron chi connectivity index (χ2n) is 6.65. The second kappa shape index (κ2) is 6.33. The van der Waals surface area contributed by atoms with Crippen molar-refractivity contribution in [1.29, 1.82) is 0 Å². The number of amides is 1. The lowest BCUT2D eigenvalue weighted by molar-refractivity contribution is 0.0946. The van der Waals surface area contributed by atoms with Crippen LogP contribution in [0.25, 0.3) is 11.0 Å². The SMILES string of the molecule is COc1ccccc1C1(CNC(=O)c2cc3ccccc3oc2=O)CC1. The minimum atomic E-state index is -0.622. The van der Waals surface area contributed by atoms with E-state index in [2.05, 4.69) is 5.32 Å². The number of rotatable bonds is 5. The summed E-state index contributed by atoms with van der Waals surface area (Å²) in [5, 5.41) is 3.63. The maximum atomic E-state index is 12.6. The van der Waals surface area contributed by atoms with Crippen molar-refractivity contribution < 1.29 is 13.9 Å². The average Bonchev–Trinajstić information content (AvgIpc) is 3.46. The number of nitrogens with one attached hydrogen (secondary N) is 1. The molecule has 0 spiro atoms. The van der Waals surface area contributed by atoms with Crippen LogP contribution in [-0.4, -0.2) is 19.6 Å². The second-order valence-corrected chi connectivity index (χ2v) is 6.65. The molecule has 1 N–H and O–H groups in total. The molecule has 0 saturated heterocycles. The summed E-state index contributed by atoms with van der Waals surface area (Å²) in [6, 6.07) is 16.6. The first kappa shape index (κ1) is 16.4. The molecule has 1 amide bonds. The summed E-state index contributed by atoms with van der Waals surface area (Å²) in [6.07, 6.45) is 1.94. The fraction of sp³-hybridized carbons (Fsp3) is 0.238. The minimum absolute atomic E-state index is 0.0273. The van der Waals surface area contributed by atoms with E-state index in [9.17, 15) is 9.59 Å². The molecule has 0 atom stereocenters. The van der Waals surface area contributed by atoms with Gasteiger partial charge in [-0.25, -0.2) is 4.79 Å². The molecule has 3 aromatic rings. The van der Waals surface area contributed by atoms with Gasteiger partial charge in [0.05, 0.1) is 7.11 Å². The topological polar surface area (TPSA) is 68.5 Å². The van der Waals surface area contributed by atoms with Crippen LogP contribution in [-0.2, 0) is 5.41 Å². The van der Waals surface area contributed by atoms with Gasteiger partial charge in [-0.2, -0.15) is 0 Å². The Morgan fingerprint density at radius 3 is 2.65 bits per heavy atom. The number of fused-ring (bicyclic) bond motifs is 1. The first-order chi connectivity index (χ1) is 12.6. The van der Waals surface area contributed by atoms with Crippen molar-refractivity contribution in [3.05, 3.63) is 76.1 Å². The highest BCUT2D eigenvalue weighted by Crippen LogP contribution is 2.50. The molecular formula is C21H19NO4. The fourth-order valence-corrected chi connectivity index (χ4v) is 3.34. The van der Waals surface area contributed by atoms with Gasteiger partial charge >= 0.3 is 5.63 Å². The molecule has 4 rings (SSSR count). The maximum Gasteiger partial charge on any atom is 0.349 e. The lowest BCUT2D eigenvalue weighted by Crippen LogP contribution is -2.34. The lowest BCUT2D eigenvalue weighted by atomic mass is 9.94. The van der Waals surface area contributed by atoms with Crippen LogP contribution in [0.4, 0.5) is 0 Å². The molecule has 0 radical (unpaired) electrons. The normalized spacial score (nSPS) is 14.8. The maximum absolute atomic E-state index is 12.6. The standard InChI is InChI=1S/C21H19NO4/c1-25-18-9-5-3-7-16(18)21(10-11-21)13-22-19(23)15-12-14-6-2-4-8-17(14)26-20(15)24/h2-9,12H,10-11,13H2,1H3,(H,22,23). The van der Waals surface area contributed by atoms with Gasteiger partial charge in [0.2, 0.25) is 0 Å². The Kier molecular flexibility index (Phi) is 3.99. The van der Waals surface area contributed by atoms with E-state index in [4.69, 9.17) is 9.15 Å². The molecule has 1 aromatic heterocycles. The van der Waals surface area contributed by atoms with Gasteiger partial charge in [-0.1, -0.05) is 36.4 Å². The zero-order valence-corrected chi connectivity index (χ0v) is 14.5. The molecule has 1 aliphatic rings. The first-order valence-corrected chi connectivity index (χ1v) is 8.58. The van der Waals surface area contributed by atoms with Crippen molar-refractivity contribution in [3.8, 4) is 5.75 Å². The lowest BCUT2D eigenvalue weighted by Gasteiger charge is -2.19. The molecule has 1 saturated carbocycles. The van der Waals surface area contributed by atoms with Crippen LogP contribution >= 0.6 is 0 Å². The first-order valence-electron chi connectivity index (χ1n) is 8.58. The Morgan fingerprint density at radius 2 is 1.88 bits per heavy atom. The van der Waals surface area contributed by atoms with E-state index >= 15 is 0 Å². The average molecular weight is 349 g/mol. The van der Waals surface area contributed by atoms with Gasteiger partial charge in [-0.3, -0.25) is 4.79 Å². The molecular weight excluding hydrogens is 330 g/mol. The van der Waals surface area contributed by atoms with Gasteiger partial charge in [0.1, 0.15) is 16.9 Å². The summed E-state index contributed by atoms with van der Waals surface area (Å²) in [4.78, 5) is 24.7. The number of carbonyl (C=O) groups is 1. The highest BCUT2D eigenvalue weighted by atomic mass is 16.5. The van der Waals surface area contributed by atoms with Crippen LogP contribution in [0.15, 0.2) is 63.8 Å². The number of ether oxygens (including phenoxy) is 1. The van der Waals surface area contributed by atoms with Crippen LogP contribution in [0.1, 0.15) is 28.8 Å². The zero-order chi connectivity index (χ0) is 18.1. The zero-order valence-electron chi connectivity index (χ0n) is 14.5. The third-order valence-corrected chi connectivity index (χ3v) is 5.01. The number of hydrogen-bond acceptors (Lipinski definition) is 4. The van der Waals surface area contributed by atoms with Crippen LogP contribution in [0, 0.1) is 0 Å². The molecule has 1 fully saturated rings. The van der Waals surface area contributed by atoms with Gasteiger partial charge in [0.25, 0.3) is 5.91 Å². The van der Waals surface area contributed by atoms with E-state index in [-0.39, 0.29) is 11.0 Å². The fourth-order valence-electron chi connectivity index (χ4n) is 3.34. The van der Waals surface area contributed by atoms with Gasteiger partial charge in [-0.05, 0) is 31.0 Å². The molecule has 1 aliphatic carbocycles. The number of carbonyl (C=O) groups excluding carboxylic acids is 1. The van der Waals surface area contributed by atoms with Crippen molar-refractivity contribution in [2.24, 2.45) is 0 Å². The third-order valence-electron chi connectivity index (χ3n) is 5.01. The molecule has 5 heteroatoms. The van der Waals surface area contributed by atoms with Gasteiger partial charge in [0.15, 0.2) is 0 Å². The number of methoxy groups -OCH3 is 1. The van der Waals surface area contributed by atoms with Crippen molar-refractivity contribution in [2.75, 3.05) is 13.7 Å². The Morgan fingerprint density at radius 1 is 1.15 bits per heavy atom. The number of hydrogen-bond donors (Lipinski definition) is 1. The van der Waals surface area contributed by atoms with E-state index < -0.39 is 11.5 Å². The van der Waals surface area contributed by atoms with Gasteiger partial charge in [0, 0.05) is 22.9 Å². The third kappa shape index (κ3) is 2.86. The van der Waals surface area contributed by atoms with E-state index in [0.717, 1.165) is 29.5 Å². The monoisotopic (exact) mass is 349 g/mol. The van der Waals surface area contributed by atoms with Crippen LogP contribution in [0.2, 0.25) is 0 Å². The van der Waals surface area contributed by atoms with E-state index in [1.807, 2.05) is 36.4 Å². The molecule has 5 nitrogen and oxygen atoms in total. The minimum Gasteiger partial charge on any atom is -0.496 e. The molecule has 2 aromatic carbocycles. The summed E-state index contributed by atoms with van der Waals surface area (Å²) < 4.78 is 10.7. The predicted octanol–water partition coefficient (Wildman–Crippen LogP) is 3.26. The summed E-state index contributed by atoms with van der Waals surface area (Å²) in [5.74, 6) is 0.412. The van der Waals surface area contributed by atoms with Crippen molar-refractivity contribution >= 4 is 16.9 Å². The van der Waals surface area contributed by atoms with Gasteiger partial charge in [-0.15, -0.1) is 0 Å². The summed E-state index contributed by atoms with van der Waals surface area (Å²) in [7, 11) is 1.65. The van der Waals surface area contributed by atoms with Crippen molar-refractivity contribution in [3.63, 3.8) is 0 Å². The van der Waals surface area contributed by atoms with Crippen molar-refractivity contribution in [2.45, 2.75) is 18.3 Å². The van der Waals surface area contributed by atoms with E-state index in [1.54, 1.807) is 25.3 Å². The van der Waals surface area contributed by atoms with Crippen LogP contribution in [0.5, 0.6) is 5.75 Å². The van der Waals surface area contributed by atoms with Gasteiger partial charge < -0.3 is 14.5 Å². The van der Waals surface area contributed by atoms with E-state index in [0.29, 0.717) is 12.1 Å². The largest absolute Gasteiger partial charge is 0.496 e. The predicted molar refractivity (Wildman–Crippen MR) is 98.7 cm³/mol. The highest BCUT2D eigenvalue weighted by Gasteiger charge is 2.46. The molecule has 132 valence electrons. The summed E-state index contributed by atoms with van der Waals surface area (Å²) >= 11 is 0. The molecule has 1 heterocycles. The number of benzene rings is 2. The Balaban J connectivity index is 1.56. The molecule has 0 aliphatic heterocycles.